The van der Waals surface area contributed by atoms with Gasteiger partial charge in [-0.3, -0.25) is 14.4 Å². The molecular weight excluding hydrogens is 508 g/mol. The summed E-state index contributed by atoms with van der Waals surface area (Å²) < 4.78 is 22.5. The summed E-state index contributed by atoms with van der Waals surface area (Å²) in [7, 11) is 4.55. The Morgan fingerprint density at radius 2 is 1.72 bits per heavy atom. The van der Waals surface area contributed by atoms with E-state index in [4.69, 9.17) is 18.9 Å². The highest BCUT2D eigenvalue weighted by molar-refractivity contribution is 5.95. The summed E-state index contributed by atoms with van der Waals surface area (Å²) in [6.45, 7) is 8.13. The second-order valence-electron chi connectivity index (χ2n) is 10.4. The number of carbonyl (C=O) groups excluding carboxylic acids is 3. The lowest BCUT2D eigenvalue weighted by atomic mass is 10.0. The molecular formula is C27H38N4O8. The van der Waals surface area contributed by atoms with Gasteiger partial charge in [0.25, 0.3) is 11.5 Å². The van der Waals surface area contributed by atoms with Crippen LogP contribution in [0.5, 0.6) is 11.5 Å². The Morgan fingerprint density at radius 1 is 1.05 bits per heavy atom. The number of fused-ring (bicyclic) bond motifs is 1. The summed E-state index contributed by atoms with van der Waals surface area (Å²) in [6.07, 6.45) is -0.929. The van der Waals surface area contributed by atoms with Crippen molar-refractivity contribution in [3.8, 4) is 11.5 Å². The third-order valence-corrected chi connectivity index (χ3v) is 6.34. The first-order valence-corrected chi connectivity index (χ1v) is 13.0. The Kier molecular flexibility index (Phi) is 9.90. The van der Waals surface area contributed by atoms with Crippen LogP contribution < -0.4 is 25.7 Å². The number of benzene rings is 1. The van der Waals surface area contributed by atoms with Crippen LogP contribution in [0.4, 0.5) is 0 Å². The smallest absolute Gasteiger partial charge is 0.339 e. The van der Waals surface area contributed by atoms with Crippen molar-refractivity contribution in [2.24, 2.45) is 18.9 Å². The van der Waals surface area contributed by atoms with Crippen LogP contribution in [0.2, 0.25) is 0 Å². The van der Waals surface area contributed by atoms with Gasteiger partial charge in [-0.2, -0.15) is 0 Å². The van der Waals surface area contributed by atoms with Crippen LogP contribution >= 0.6 is 0 Å². The van der Waals surface area contributed by atoms with Crippen LogP contribution in [0.3, 0.4) is 0 Å². The quantitative estimate of drug-likeness (QED) is 0.281. The molecule has 1 aliphatic heterocycles. The van der Waals surface area contributed by atoms with E-state index in [1.165, 1.54) is 18.8 Å². The van der Waals surface area contributed by atoms with E-state index in [9.17, 15) is 19.2 Å². The number of esters is 1. The number of hydrogen-bond donors (Lipinski definition) is 2. The molecule has 0 radical (unpaired) electrons. The molecule has 39 heavy (non-hydrogen) atoms. The van der Waals surface area contributed by atoms with Gasteiger partial charge in [-0.25, -0.2) is 9.78 Å². The zero-order valence-electron chi connectivity index (χ0n) is 23.5. The van der Waals surface area contributed by atoms with Gasteiger partial charge in [-0.15, -0.1) is 0 Å². The fraction of sp³-hybridized carbons (Fsp3) is 0.593. The zero-order chi connectivity index (χ0) is 28.9. The number of aryl methyl sites for hydroxylation is 1. The Hall–Kier alpha value is -3.67. The first-order valence-electron chi connectivity index (χ1n) is 13.0. The largest absolute Gasteiger partial charge is 0.493 e. The summed E-state index contributed by atoms with van der Waals surface area (Å²) in [5, 5.41) is 5.55. The summed E-state index contributed by atoms with van der Waals surface area (Å²) in [5.74, 6) is -0.166. The van der Waals surface area contributed by atoms with Gasteiger partial charge in [-0.05, 0) is 24.7 Å². The van der Waals surface area contributed by atoms with Gasteiger partial charge in [0.15, 0.2) is 23.7 Å². The van der Waals surface area contributed by atoms with Crippen molar-refractivity contribution in [3.63, 3.8) is 0 Å². The monoisotopic (exact) mass is 546 g/mol. The summed E-state index contributed by atoms with van der Waals surface area (Å²) in [5.41, 5.74) is 0.513. The summed E-state index contributed by atoms with van der Waals surface area (Å²) >= 11 is 0. The van der Waals surface area contributed by atoms with Gasteiger partial charge in [0.1, 0.15) is 18.3 Å². The van der Waals surface area contributed by atoms with E-state index in [0.717, 1.165) is 6.42 Å². The van der Waals surface area contributed by atoms with Gasteiger partial charge in [0.05, 0.1) is 25.3 Å². The number of ether oxygens (including phenoxy) is 4. The second kappa shape index (κ2) is 12.9. The molecule has 1 fully saturated rings. The van der Waals surface area contributed by atoms with Gasteiger partial charge in [-0.1, -0.05) is 27.7 Å². The highest BCUT2D eigenvalue weighted by atomic mass is 16.6. The molecule has 214 valence electrons. The van der Waals surface area contributed by atoms with Crippen LogP contribution in [0.1, 0.15) is 46.2 Å². The summed E-state index contributed by atoms with van der Waals surface area (Å²) in [6, 6.07) is 2.51. The van der Waals surface area contributed by atoms with Crippen molar-refractivity contribution in [2.75, 3.05) is 20.8 Å². The normalized spacial score (nSPS) is 17.2. The number of rotatable bonds is 13. The second-order valence-corrected chi connectivity index (χ2v) is 10.4. The molecule has 2 amide bonds. The fourth-order valence-electron chi connectivity index (χ4n) is 4.08. The molecule has 0 spiro atoms. The van der Waals surface area contributed by atoms with E-state index in [1.54, 1.807) is 19.2 Å². The van der Waals surface area contributed by atoms with Crippen LogP contribution in [0, 0.1) is 11.8 Å². The maximum absolute atomic E-state index is 12.8. The Balaban J connectivity index is 1.61. The van der Waals surface area contributed by atoms with Crippen molar-refractivity contribution in [1.29, 1.82) is 0 Å². The molecule has 2 aromatic rings. The van der Waals surface area contributed by atoms with Crippen molar-refractivity contribution < 1.29 is 33.3 Å². The number of carbonyl (C=O) groups is 3. The number of epoxide rings is 1. The number of aromatic nitrogens is 2. The lowest BCUT2D eigenvalue weighted by Gasteiger charge is -2.20. The lowest BCUT2D eigenvalue weighted by Crippen LogP contribution is -2.49. The lowest BCUT2D eigenvalue weighted by molar-refractivity contribution is -0.146. The molecule has 0 unspecified atom stereocenters. The van der Waals surface area contributed by atoms with E-state index in [2.05, 4.69) is 29.5 Å². The number of methoxy groups -OCH3 is 2. The van der Waals surface area contributed by atoms with Crippen molar-refractivity contribution in [1.82, 2.24) is 20.2 Å². The van der Waals surface area contributed by atoms with Gasteiger partial charge in [0.2, 0.25) is 5.91 Å². The Bertz CT molecular complexity index is 1270. The first kappa shape index (κ1) is 29.9. The third kappa shape index (κ3) is 7.47. The molecule has 1 saturated heterocycles. The van der Waals surface area contributed by atoms with Crippen LogP contribution in [0.25, 0.3) is 11.0 Å². The third-order valence-electron chi connectivity index (χ3n) is 6.34. The predicted molar refractivity (Wildman–Crippen MR) is 142 cm³/mol. The molecule has 12 nitrogen and oxygen atoms in total. The molecule has 0 aliphatic carbocycles. The molecule has 12 heteroatoms. The van der Waals surface area contributed by atoms with E-state index in [0.29, 0.717) is 41.4 Å². The van der Waals surface area contributed by atoms with Crippen LogP contribution in [-0.4, -0.2) is 66.3 Å². The highest BCUT2D eigenvalue weighted by Crippen LogP contribution is 2.31. The highest BCUT2D eigenvalue weighted by Gasteiger charge is 2.52. The summed E-state index contributed by atoms with van der Waals surface area (Å²) in [4.78, 5) is 55.0. The number of hydrogen-bond acceptors (Lipinski definition) is 9. The van der Waals surface area contributed by atoms with Gasteiger partial charge in [0, 0.05) is 25.7 Å². The van der Waals surface area contributed by atoms with Crippen molar-refractivity contribution in [3.05, 3.63) is 28.2 Å². The average Bonchev–Trinajstić information content (AvgIpc) is 3.69. The molecule has 0 saturated carbocycles. The molecule has 2 N–H and O–H groups in total. The van der Waals surface area contributed by atoms with Gasteiger partial charge < -0.3 is 34.1 Å². The fourth-order valence-corrected chi connectivity index (χ4v) is 4.08. The topological polar surface area (TPSA) is 150 Å². The minimum absolute atomic E-state index is 0.00212. The molecule has 3 atom stereocenters. The maximum atomic E-state index is 12.8. The van der Waals surface area contributed by atoms with E-state index < -0.39 is 42.3 Å². The zero-order valence-corrected chi connectivity index (χ0v) is 23.5. The van der Waals surface area contributed by atoms with E-state index in [1.807, 2.05) is 13.8 Å². The molecule has 1 aromatic heterocycles. The van der Waals surface area contributed by atoms with Gasteiger partial charge >= 0.3 is 5.97 Å². The SMILES string of the molecule is COc1cc2nc(COC(=O)[C@H]3O[C@@H]3C(=O)N[C@@H](CC(C)C)C(=O)NCCC(C)C)c(=O)n(C)c2cc1OC. The maximum Gasteiger partial charge on any atom is 0.339 e. The standard InChI is InChI=1S/C27H38N4O8/c1-14(2)8-9-28-24(32)17(10-15(3)4)30-25(33)22-23(39-22)27(35)38-13-18-26(34)31(5)19-12-21(37-7)20(36-6)11-16(19)29-18/h11-12,14-15,17,22-23H,8-10,13H2,1-7H3,(H,28,32)(H,30,33)/t17-,22-,23-/m0/s1. The Labute approximate surface area is 227 Å². The van der Waals surface area contributed by atoms with E-state index >= 15 is 0 Å². The van der Waals surface area contributed by atoms with Crippen molar-refractivity contribution >= 4 is 28.8 Å². The molecule has 1 aliphatic rings. The number of nitrogens with zero attached hydrogens (tertiary/aromatic N) is 2. The minimum Gasteiger partial charge on any atom is -0.493 e. The van der Waals surface area contributed by atoms with Crippen LogP contribution in [-0.2, 0) is 37.5 Å². The van der Waals surface area contributed by atoms with Crippen LogP contribution in [0.15, 0.2) is 16.9 Å². The van der Waals surface area contributed by atoms with Crippen molar-refractivity contribution in [2.45, 2.75) is 65.4 Å². The number of amides is 2. The first-order chi connectivity index (χ1) is 18.5. The molecule has 1 aromatic carbocycles. The average molecular weight is 547 g/mol. The Morgan fingerprint density at radius 3 is 2.33 bits per heavy atom. The minimum atomic E-state index is -1.12. The predicted octanol–water partition coefficient (Wildman–Crippen LogP) is 1.45. The molecule has 2 heterocycles. The van der Waals surface area contributed by atoms with E-state index in [-0.39, 0.29) is 17.5 Å². The molecule has 0 bridgehead atoms. The number of nitrogens with one attached hydrogen (secondary N) is 2. The molecule has 3 rings (SSSR count).